The zero-order chi connectivity index (χ0) is 19.6. The van der Waals surface area contributed by atoms with Crippen molar-refractivity contribution in [1.29, 1.82) is 0 Å². The van der Waals surface area contributed by atoms with Crippen molar-refractivity contribution < 1.29 is 23.8 Å². The van der Waals surface area contributed by atoms with E-state index in [1.54, 1.807) is 12.1 Å². The summed E-state index contributed by atoms with van der Waals surface area (Å²) in [6.45, 7) is 6.13. The molecule has 6 nitrogen and oxygen atoms in total. The first-order valence-corrected chi connectivity index (χ1v) is 9.57. The second kappa shape index (κ2) is 7.89. The second-order valence-electron chi connectivity index (χ2n) is 8.37. The highest BCUT2D eigenvalue weighted by molar-refractivity contribution is 5.89. The van der Waals surface area contributed by atoms with Gasteiger partial charge in [-0.25, -0.2) is 9.59 Å². The predicted octanol–water partition coefficient (Wildman–Crippen LogP) is 3.92. The summed E-state index contributed by atoms with van der Waals surface area (Å²) >= 11 is 0. The minimum absolute atomic E-state index is 0.114. The SMILES string of the molecule is COC(=O)c1cccc(COC2CC3CCC(C2)N3C(=O)OC(C)(C)C)c1. The van der Waals surface area contributed by atoms with Crippen LogP contribution >= 0.6 is 0 Å². The van der Waals surface area contributed by atoms with Crippen LogP contribution in [0.1, 0.15) is 62.4 Å². The first kappa shape index (κ1) is 19.7. The molecule has 6 heteroatoms. The highest BCUT2D eigenvalue weighted by Gasteiger charge is 2.45. The van der Waals surface area contributed by atoms with E-state index >= 15 is 0 Å². The van der Waals surface area contributed by atoms with Crippen LogP contribution in [0.5, 0.6) is 0 Å². The normalized spacial score (nSPS) is 24.6. The van der Waals surface area contributed by atoms with Gasteiger partial charge in [0.1, 0.15) is 5.60 Å². The number of benzene rings is 1. The Morgan fingerprint density at radius 2 is 1.81 bits per heavy atom. The van der Waals surface area contributed by atoms with Crippen LogP contribution in [-0.2, 0) is 20.8 Å². The Morgan fingerprint density at radius 1 is 1.15 bits per heavy atom. The smallest absolute Gasteiger partial charge is 0.410 e. The van der Waals surface area contributed by atoms with Crippen molar-refractivity contribution in [1.82, 2.24) is 4.90 Å². The maximum atomic E-state index is 12.5. The van der Waals surface area contributed by atoms with E-state index in [1.165, 1.54) is 7.11 Å². The number of rotatable bonds is 4. The number of carbonyl (C=O) groups excluding carboxylic acids is 2. The predicted molar refractivity (Wildman–Crippen MR) is 100 cm³/mol. The van der Waals surface area contributed by atoms with Crippen molar-refractivity contribution >= 4 is 12.1 Å². The molecule has 2 fully saturated rings. The van der Waals surface area contributed by atoms with Crippen LogP contribution in [0.3, 0.4) is 0 Å². The molecule has 1 aromatic carbocycles. The molecule has 2 unspecified atom stereocenters. The van der Waals surface area contributed by atoms with Gasteiger partial charge in [0.05, 0.1) is 25.4 Å². The summed E-state index contributed by atoms with van der Waals surface area (Å²) in [6.07, 6.45) is 3.56. The van der Waals surface area contributed by atoms with E-state index in [1.807, 2.05) is 37.8 Å². The number of hydrogen-bond acceptors (Lipinski definition) is 5. The van der Waals surface area contributed by atoms with Crippen molar-refractivity contribution in [2.75, 3.05) is 7.11 Å². The average molecular weight is 375 g/mol. The minimum atomic E-state index is -0.478. The van der Waals surface area contributed by atoms with Gasteiger partial charge in [0.2, 0.25) is 0 Å². The van der Waals surface area contributed by atoms with E-state index in [-0.39, 0.29) is 30.3 Å². The molecular formula is C21H29NO5. The van der Waals surface area contributed by atoms with E-state index in [4.69, 9.17) is 14.2 Å². The van der Waals surface area contributed by atoms with E-state index in [2.05, 4.69) is 0 Å². The standard InChI is InChI=1S/C21H29NO5/c1-21(2,3)27-20(24)22-16-8-9-17(22)12-18(11-16)26-13-14-6-5-7-15(10-14)19(23)25-4/h5-7,10,16-18H,8-9,11-13H2,1-4H3. The summed E-state index contributed by atoms with van der Waals surface area (Å²) < 4.78 is 16.4. The van der Waals surface area contributed by atoms with Gasteiger partial charge in [0.15, 0.2) is 0 Å². The fraction of sp³-hybridized carbons (Fsp3) is 0.619. The molecule has 0 radical (unpaired) electrons. The Kier molecular flexibility index (Phi) is 5.75. The molecule has 2 aliphatic heterocycles. The molecule has 2 saturated heterocycles. The zero-order valence-electron chi connectivity index (χ0n) is 16.6. The lowest BCUT2D eigenvalue weighted by Gasteiger charge is -2.39. The molecule has 2 heterocycles. The number of piperidine rings is 1. The number of amides is 1. The third kappa shape index (κ3) is 4.80. The molecule has 0 aromatic heterocycles. The topological polar surface area (TPSA) is 65.1 Å². The second-order valence-corrected chi connectivity index (χ2v) is 8.37. The molecule has 0 aliphatic carbocycles. The van der Waals surface area contributed by atoms with Crippen molar-refractivity contribution in [2.24, 2.45) is 0 Å². The van der Waals surface area contributed by atoms with Crippen molar-refractivity contribution in [3.05, 3.63) is 35.4 Å². The van der Waals surface area contributed by atoms with Crippen LogP contribution in [-0.4, -0.2) is 47.9 Å². The monoisotopic (exact) mass is 375 g/mol. The van der Waals surface area contributed by atoms with Gasteiger partial charge in [0.25, 0.3) is 0 Å². The van der Waals surface area contributed by atoms with E-state index < -0.39 is 5.60 Å². The Balaban J connectivity index is 1.56. The highest BCUT2D eigenvalue weighted by Crippen LogP contribution is 2.38. The highest BCUT2D eigenvalue weighted by atomic mass is 16.6. The van der Waals surface area contributed by atoms with Crippen LogP contribution in [0.4, 0.5) is 4.79 Å². The summed E-state index contributed by atoms with van der Waals surface area (Å²) in [6, 6.07) is 7.68. The largest absolute Gasteiger partial charge is 0.465 e. The lowest BCUT2D eigenvalue weighted by Crippen LogP contribution is -2.50. The molecule has 27 heavy (non-hydrogen) atoms. The maximum Gasteiger partial charge on any atom is 0.410 e. The number of esters is 1. The van der Waals surface area contributed by atoms with Gasteiger partial charge < -0.3 is 19.1 Å². The van der Waals surface area contributed by atoms with Crippen LogP contribution in [0.25, 0.3) is 0 Å². The molecule has 0 spiro atoms. The third-order valence-electron chi connectivity index (χ3n) is 5.13. The Hall–Kier alpha value is -2.08. The van der Waals surface area contributed by atoms with Crippen molar-refractivity contribution in [2.45, 2.75) is 76.9 Å². The maximum absolute atomic E-state index is 12.5. The summed E-state index contributed by atoms with van der Waals surface area (Å²) in [5, 5.41) is 0. The molecule has 2 bridgehead atoms. The van der Waals surface area contributed by atoms with Gasteiger partial charge in [-0.2, -0.15) is 0 Å². The van der Waals surface area contributed by atoms with Gasteiger partial charge in [-0.15, -0.1) is 0 Å². The summed E-state index contributed by atoms with van der Waals surface area (Å²) in [5.41, 5.74) is 0.993. The summed E-state index contributed by atoms with van der Waals surface area (Å²) in [4.78, 5) is 26.1. The lowest BCUT2D eigenvalue weighted by atomic mass is 10.00. The van der Waals surface area contributed by atoms with Crippen LogP contribution < -0.4 is 0 Å². The summed E-state index contributed by atoms with van der Waals surface area (Å²) in [7, 11) is 1.37. The quantitative estimate of drug-likeness (QED) is 0.746. The van der Waals surface area contributed by atoms with Gasteiger partial charge in [-0.05, 0) is 64.2 Å². The fourth-order valence-corrected chi connectivity index (χ4v) is 4.00. The average Bonchev–Trinajstić information content (AvgIpc) is 2.89. The van der Waals surface area contributed by atoms with E-state index in [0.29, 0.717) is 12.2 Å². The molecule has 1 aromatic rings. The lowest BCUT2D eigenvalue weighted by molar-refractivity contribution is -0.0396. The first-order valence-electron chi connectivity index (χ1n) is 9.57. The molecule has 2 atom stereocenters. The number of carbonyl (C=O) groups is 2. The molecule has 0 saturated carbocycles. The molecule has 148 valence electrons. The molecule has 2 aliphatic rings. The Bertz CT molecular complexity index is 682. The Morgan fingerprint density at radius 3 is 2.41 bits per heavy atom. The fourth-order valence-electron chi connectivity index (χ4n) is 4.00. The van der Waals surface area contributed by atoms with Gasteiger partial charge in [-0.1, -0.05) is 12.1 Å². The number of ether oxygens (including phenoxy) is 3. The third-order valence-corrected chi connectivity index (χ3v) is 5.13. The van der Waals surface area contributed by atoms with Crippen LogP contribution in [0, 0.1) is 0 Å². The van der Waals surface area contributed by atoms with E-state index in [9.17, 15) is 9.59 Å². The number of fused-ring (bicyclic) bond motifs is 2. The number of nitrogens with zero attached hydrogens (tertiary/aromatic N) is 1. The number of hydrogen-bond donors (Lipinski definition) is 0. The first-order chi connectivity index (χ1) is 12.8. The molecule has 3 rings (SSSR count). The zero-order valence-corrected chi connectivity index (χ0v) is 16.6. The van der Waals surface area contributed by atoms with Crippen molar-refractivity contribution in [3.8, 4) is 0 Å². The van der Waals surface area contributed by atoms with Gasteiger partial charge in [0, 0.05) is 12.1 Å². The molecule has 0 N–H and O–H groups in total. The Labute approximate surface area is 160 Å². The van der Waals surface area contributed by atoms with Crippen LogP contribution in [0.15, 0.2) is 24.3 Å². The number of methoxy groups -OCH3 is 1. The minimum Gasteiger partial charge on any atom is -0.465 e. The molecular weight excluding hydrogens is 346 g/mol. The van der Waals surface area contributed by atoms with Crippen molar-refractivity contribution in [3.63, 3.8) is 0 Å². The van der Waals surface area contributed by atoms with Gasteiger partial charge in [-0.3, -0.25) is 0 Å². The van der Waals surface area contributed by atoms with E-state index in [0.717, 1.165) is 31.2 Å². The molecule has 1 amide bonds. The van der Waals surface area contributed by atoms with Gasteiger partial charge >= 0.3 is 12.1 Å². The van der Waals surface area contributed by atoms with Crippen LogP contribution in [0.2, 0.25) is 0 Å². The summed E-state index contributed by atoms with van der Waals surface area (Å²) in [5.74, 6) is -0.347.